The Bertz CT molecular complexity index is 213. The molecule has 114 valence electrons. The van der Waals surface area contributed by atoms with E-state index in [0.717, 1.165) is 18.4 Å². The lowest BCUT2D eigenvalue weighted by atomic mass is 9.80. The first-order valence-corrected chi connectivity index (χ1v) is 8.49. The molecule has 0 aromatic rings. The van der Waals surface area contributed by atoms with Crippen molar-refractivity contribution in [2.45, 2.75) is 84.3 Å². The minimum atomic E-state index is 0.417. The van der Waals surface area contributed by atoms with E-state index in [1.165, 1.54) is 51.4 Å². The highest BCUT2D eigenvalue weighted by Crippen LogP contribution is 2.31. The van der Waals surface area contributed by atoms with E-state index in [2.05, 4.69) is 26.1 Å². The zero-order valence-electron chi connectivity index (χ0n) is 13.6. The molecule has 1 N–H and O–H groups in total. The molecule has 0 aromatic heterocycles. The van der Waals surface area contributed by atoms with Crippen LogP contribution in [0.3, 0.4) is 0 Å². The highest BCUT2D eigenvalue weighted by molar-refractivity contribution is 4.85. The number of nitrogens with one attached hydrogen (secondary N) is 1. The Hall–Kier alpha value is -0.0800. The molecule has 3 unspecified atom stereocenters. The van der Waals surface area contributed by atoms with Crippen molar-refractivity contribution < 1.29 is 4.74 Å². The van der Waals surface area contributed by atoms with E-state index < -0.39 is 0 Å². The molecule has 19 heavy (non-hydrogen) atoms. The zero-order chi connectivity index (χ0) is 14.1. The molecule has 2 nitrogen and oxygen atoms in total. The van der Waals surface area contributed by atoms with Crippen molar-refractivity contribution in [3.63, 3.8) is 0 Å². The first-order valence-electron chi connectivity index (χ1n) is 8.49. The third kappa shape index (κ3) is 5.83. The van der Waals surface area contributed by atoms with Gasteiger partial charge in [0, 0.05) is 13.2 Å². The first-order chi connectivity index (χ1) is 9.22. The third-order valence-electron chi connectivity index (χ3n) is 4.79. The maximum atomic E-state index is 5.93. The molecular weight excluding hydrogens is 234 g/mol. The van der Waals surface area contributed by atoms with Gasteiger partial charge in [-0.3, -0.25) is 0 Å². The van der Waals surface area contributed by atoms with Gasteiger partial charge < -0.3 is 10.1 Å². The molecule has 0 aliphatic heterocycles. The van der Waals surface area contributed by atoms with E-state index in [1.54, 1.807) is 0 Å². The van der Waals surface area contributed by atoms with Gasteiger partial charge in [-0.15, -0.1) is 0 Å². The van der Waals surface area contributed by atoms with Crippen LogP contribution in [0.5, 0.6) is 0 Å². The Morgan fingerprint density at radius 1 is 1.16 bits per heavy atom. The Morgan fingerprint density at radius 3 is 2.37 bits per heavy atom. The summed E-state index contributed by atoms with van der Waals surface area (Å²) >= 11 is 0. The lowest BCUT2D eigenvalue weighted by Crippen LogP contribution is -2.46. The normalized spacial score (nSPS) is 22.1. The Balaban J connectivity index is 2.61. The molecular formula is C17H35NO. The second-order valence-electron chi connectivity index (χ2n) is 6.41. The summed E-state index contributed by atoms with van der Waals surface area (Å²) in [6.45, 7) is 8.03. The van der Waals surface area contributed by atoms with Gasteiger partial charge in [0.1, 0.15) is 0 Å². The second-order valence-corrected chi connectivity index (χ2v) is 6.41. The summed E-state index contributed by atoms with van der Waals surface area (Å²) in [5.74, 6) is 1.56. The zero-order valence-corrected chi connectivity index (χ0v) is 13.6. The number of methoxy groups -OCH3 is 1. The summed E-state index contributed by atoms with van der Waals surface area (Å²) in [5.41, 5.74) is 0. The van der Waals surface area contributed by atoms with E-state index in [4.69, 9.17) is 4.74 Å². The molecule has 0 heterocycles. The number of hydrogen-bond acceptors (Lipinski definition) is 2. The van der Waals surface area contributed by atoms with Crippen molar-refractivity contribution in [1.29, 1.82) is 0 Å². The fourth-order valence-electron chi connectivity index (χ4n) is 3.41. The monoisotopic (exact) mass is 269 g/mol. The SMILES string of the molecule is CCCNC(CC(C)CC)C(OC)C1CCCCC1. The third-order valence-corrected chi connectivity index (χ3v) is 4.79. The van der Waals surface area contributed by atoms with Gasteiger partial charge in [-0.25, -0.2) is 0 Å². The topological polar surface area (TPSA) is 21.3 Å². The summed E-state index contributed by atoms with van der Waals surface area (Å²) in [6, 6.07) is 0.544. The van der Waals surface area contributed by atoms with Crippen molar-refractivity contribution in [3.8, 4) is 0 Å². The first kappa shape index (κ1) is 17.0. The van der Waals surface area contributed by atoms with Crippen LogP contribution >= 0.6 is 0 Å². The predicted octanol–water partition coefficient (Wildman–Crippen LogP) is 4.39. The maximum Gasteiger partial charge on any atom is 0.0752 e. The summed E-state index contributed by atoms with van der Waals surface area (Å²) in [5, 5.41) is 3.76. The van der Waals surface area contributed by atoms with Crippen LogP contribution in [0.2, 0.25) is 0 Å². The molecule has 0 saturated heterocycles. The van der Waals surface area contributed by atoms with Crippen LogP contribution in [0.4, 0.5) is 0 Å². The highest BCUT2D eigenvalue weighted by atomic mass is 16.5. The summed E-state index contributed by atoms with van der Waals surface area (Å²) in [7, 11) is 1.91. The van der Waals surface area contributed by atoms with Crippen LogP contribution in [0.1, 0.15) is 72.1 Å². The molecule has 0 bridgehead atoms. The highest BCUT2D eigenvalue weighted by Gasteiger charge is 2.30. The summed E-state index contributed by atoms with van der Waals surface area (Å²) < 4.78 is 5.93. The van der Waals surface area contributed by atoms with Gasteiger partial charge >= 0.3 is 0 Å². The Labute approximate surface area is 120 Å². The quantitative estimate of drug-likeness (QED) is 0.670. The molecule has 0 spiro atoms. The minimum Gasteiger partial charge on any atom is -0.380 e. The van der Waals surface area contributed by atoms with Gasteiger partial charge in [0.05, 0.1) is 6.10 Å². The molecule has 1 aliphatic rings. The molecule has 1 rings (SSSR count). The van der Waals surface area contributed by atoms with Gasteiger partial charge in [-0.05, 0) is 44.1 Å². The van der Waals surface area contributed by atoms with E-state index in [1.807, 2.05) is 7.11 Å². The minimum absolute atomic E-state index is 0.417. The van der Waals surface area contributed by atoms with Crippen LogP contribution in [0.15, 0.2) is 0 Å². The molecule has 3 atom stereocenters. The Kier molecular flexibility index (Phi) is 8.72. The maximum absolute atomic E-state index is 5.93. The number of rotatable bonds is 9. The molecule has 1 fully saturated rings. The van der Waals surface area contributed by atoms with Crippen molar-refractivity contribution >= 4 is 0 Å². The van der Waals surface area contributed by atoms with E-state index in [9.17, 15) is 0 Å². The molecule has 0 aromatic carbocycles. The van der Waals surface area contributed by atoms with Crippen LogP contribution < -0.4 is 5.32 Å². The van der Waals surface area contributed by atoms with Crippen LogP contribution in [0.25, 0.3) is 0 Å². The van der Waals surface area contributed by atoms with Crippen LogP contribution in [-0.4, -0.2) is 25.8 Å². The van der Waals surface area contributed by atoms with E-state index in [0.29, 0.717) is 12.1 Å². The summed E-state index contributed by atoms with van der Waals surface area (Å²) in [4.78, 5) is 0. The van der Waals surface area contributed by atoms with Crippen molar-refractivity contribution in [2.24, 2.45) is 11.8 Å². The van der Waals surface area contributed by atoms with Gasteiger partial charge in [0.15, 0.2) is 0 Å². The van der Waals surface area contributed by atoms with Crippen molar-refractivity contribution in [2.75, 3.05) is 13.7 Å². The summed E-state index contributed by atoms with van der Waals surface area (Å²) in [6.07, 6.45) is 11.1. The second kappa shape index (κ2) is 9.77. The molecule has 0 amide bonds. The fraction of sp³-hybridized carbons (Fsp3) is 1.00. The van der Waals surface area contributed by atoms with Gasteiger partial charge in [-0.2, -0.15) is 0 Å². The predicted molar refractivity (Wildman–Crippen MR) is 83.5 cm³/mol. The average Bonchev–Trinajstić information content (AvgIpc) is 2.46. The number of hydrogen-bond donors (Lipinski definition) is 1. The van der Waals surface area contributed by atoms with Crippen molar-refractivity contribution in [1.82, 2.24) is 5.32 Å². The van der Waals surface area contributed by atoms with Gasteiger partial charge in [0.2, 0.25) is 0 Å². The molecule has 0 radical (unpaired) electrons. The van der Waals surface area contributed by atoms with Gasteiger partial charge in [0.25, 0.3) is 0 Å². The largest absolute Gasteiger partial charge is 0.380 e. The molecule has 1 saturated carbocycles. The lowest BCUT2D eigenvalue weighted by Gasteiger charge is -2.36. The van der Waals surface area contributed by atoms with Crippen molar-refractivity contribution in [3.05, 3.63) is 0 Å². The molecule has 1 aliphatic carbocycles. The smallest absolute Gasteiger partial charge is 0.0752 e. The average molecular weight is 269 g/mol. The standard InChI is InChI=1S/C17H35NO/c1-5-12-18-16(13-14(3)6-2)17(19-4)15-10-8-7-9-11-15/h14-18H,5-13H2,1-4H3. The van der Waals surface area contributed by atoms with E-state index >= 15 is 0 Å². The van der Waals surface area contributed by atoms with E-state index in [-0.39, 0.29) is 0 Å². The van der Waals surface area contributed by atoms with Crippen LogP contribution in [-0.2, 0) is 4.74 Å². The molecule has 2 heteroatoms. The Morgan fingerprint density at radius 2 is 1.84 bits per heavy atom. The fourth-order valence-corrected chi connectivity index (χ4v) is 3.41. The lowest BCUT2D eigenvalue weighted by molar-refractivity contribution is 0.00251. The van der Waals surface area contributed by atoms with Crippen LogP contribution in [0, 0.1) is 11.8 Å². The number of ether oxygens (including phenoxy) is 1. The van der Waals surface area contributed by atoms with Gasteiger partial charge in [-0.1, -0.05) is 46.5 Å².